The molecule has 0 spiro atoms. The molecule has 3 nitrogen and oxygen atoms in total. The van der Waals surface area contributed by atoms with Crippen LogP contribution in [0.2, 0.25) is 0 Å². The van der Waals surface area contributed by atoms with Crippen molar-refractivity contribution in [2.45, 2.75) is 51.5 Å². The minimum atomic E-state index is 0.0529. The number of carbonyl (C=O) groups excluding carboxylic acids is 1. The van der Waals surface area contributed by atoms with Crippen molar-refractivity contribution in [2.24, 2.45) is 5.92 Å². The van der Waals surface area contributed by atoms with E-state index in [1.807, 2.05) is 7.05 Å². The van der Waals surface area contributed by atoms with Crippen molar-refractivity contribution in [1.82, 2.24) is 10.6 Å². The maximum atomic E-state index is 11.6. The zero-order valence-corrected chi connectivity index (χ0v) is 10.2. The van der Waals surface area contributed by atoms with E-state index in [0.717, 1.165) is 25.3 Å². The molecule has 1 aliphatic rings. The molecule has 2 N–H and O–H groups in total. The van der Waals surface area contributed by atoms with Crippen LogP contribution in [0.5, 0.6) is 0 Å². The molecule has 1 rings (SSSR count). The standard InChI is InChI=1S/C12H24N2O/c1-10-4-7-12(2,8-5-10)14-11(15)6-9-13-3/h10,13H,4-9H2,1-3H3,(H,14,15). The second-order valence-corrected chi connectivity index (χ2v) is 5.14. The molecule has 15 heavy (non-hydrogen) atoms. The Labute approximate surface area is 93.0 Å². The van der Waals surface area contributed by atoms with Gasteiger partial charge in [-0.05, 0) is 45.6 Å². The van der Waals surface area contributed by atoms with Gasteiger partial charge < -0.3 is 10.6 Å². The van der Waals surface area contributed by atoms with Crippen LogP contribution in [0.15, 0.2) is 0 Å². The Bertz CT molecular complexity index is 208. The van der Waals surface area contributed by atoms with Gasteiger partial charge in [-0.1, -0.05) is 6.92 Å². The molecule has 88 valence electrons. The second-order valence-electron chi connectivity index (χ2n) is 5.14. The summed E-state index contributed by atoms with van der Waals surface area (Å²) in [7, 11) is 1.87. The Morgan fingerprint density at radius 3 is 2.53 bits per heavy atom. The van der Waals surface area contributed by atoms with Gasteiger partial charge in [0.15, 0.2) is 0 Å². The van der Waals surface area contributed by atoms with Gasteiger partial charge in [0.25, 0.3) is 0 Å². The van der Waals surface area contributed by atoms with Gasteiger partial charge in [-0.3, -0.25) is 4.79 Å². The molecule has 0 saturated heterocycles. The smallest absolute Gasteiger partial charge is 0.221 e. The molecule has 1 fully saturated rings. The Morgan fingerprint density at radius 1 is 1.40 bits per heavy atom. The molecular formula is C12H24N2O. The van der Waals surface area contributed by atoms with E-state index in [-0.39, 0.29) is 11.4 Å². The average Bonchev–Trinajstić information content (AvgIpc) is 2.20. The van der Waals surface area contributed by atoms with Crippen LogP contribution in [0, 0.1) is 5.92 Å². The summed E-state index contributed by atoms with van der Waals surface area (Å²) in [6, 6.07) is 0. The minimum absolute atomic E-state index is 0.0529. The van der Waals surface area contributed by atoms with Crippen molar-refractivity contribution < 1.29 is 4.79 Å². The lowest BCUT2D eigenvalue weighted by Crippen LogP contribution is -2.48. The van der Waals surface area contributed by atoms with Crippen LogP contribution in [0.25, 0.3) is 0 Å². The number of rotatable bonds is 4. The summed E-state index contributed by atoms with van der Waals surface area (Å²) < 4.78 is 0. The quantitative estimate of drug-likeness (QED) is 0.744. The second kappa shape index (κ2) is 5.50. The first kappa shape index (κ1) is 12.5. The van der Waals surface area contributed by atoms with Gasteiger partial charge in [-0.25, -0.2) is 0 Å². The van der Waals surface area contributed by atoms with E-state index in [1.165, 1.54) is 12.8 Å². The first-order chi connectivity index (χ1) is 7.06. The van der Waals surface area contributed by atoms with Crippen LogP contribution in [-0.4, -0.2) is 25.0 Å². The molecule has 1 saturated carbocycles. The Hall–Kier alpha value is -0.570. The maximum absolute atomic E-state index is 11.6. The Morgan fingerprint density at radius 2 is 2.00 bits per heavy atom. The number of hydrogen-bond donors (Lipinski definition) is 2. The monoisotopic (exact) mass is 212 g/mol. The van der Waals surface area contributed by atoms with E-state index in [2.05, 4.69) is 24.5 Å². The molecule has 3 heteroatoms. The van der Waals surface area contributed by atoms with Crippen molar-refractivity contribution >= 4 is 5.91 Å². The third kappa shape index (κ3) is 4.20. The zero-order chi connectivity index (χ0) is 11.3. The SMILES string of the molecule is CNCCC(=O)NC1(C)CCC(C)CC1. The van der Waals surface area contributed by atoms with Crippen molar-refractivity contribution in [2.75, 3.05) is 13.6 Å². The highest BCUT2D eigenvalue weighted by molar-refractivity contribution is 5.76. The summed E-state index contributed by atoms with van der Waals surface area (Å²) in [5, 5.41) is 6.17. The van der Waals surface area contributed by atoms with E-state index in [9.17, 15) is 4.79 Å². The van der Waals surface area contributed by atoms with Gasteiger partial charge in [-0.2, -0.15) is 0 Å². The molecule has 0 aromatic rings. The van der Waals surface area contributed by atoms with Gasteiger partial charge in [0.05, 0.1) is 0 Å². The van der Waals surface area contributed by atoms with E-state index >= 15 is 0 Å². The molecule has 1 amide bonds. The third-order valence-electron chi connectivity index (χ3n) is 3.42. The van der Waals surface area contributed by atoms with Crippen LogP contribution in [0.1, 0.15) is 46.0 Å². The summed E-state index contributed by atoms with van der Waals surface area (Å²) in [6.07, 6.45) is 5.31. The fourth-order valence-corrected chi connectivity index (χ4v) is 2.16. The molecule has 0 atom stereocenters. The number of nitrogens with one attached hydrogen (secondary N) is 2. The summed E-state index contributed by atoms with van der Waals surface area (Å²) in [5.74, 6) is 1.01. The molecule has 0 heterocycles. The lowest BCUT2D eigenvalue weighted by atomic mass is 9.78. The highest BCUT2D eigenvalue weighted by Gasteiger charge is 2.30. The first-order valence-corrected chi connectivity index (χ1v) is 6.01. The van der Waals surface area contributed by atoms with Crippen LogP contribution in [0.4, 0.5) is 0 Å². The van der Waals surface area contributed by atoms with Crippen molar-refractivity contribution in [3.05, 3.63) is 0 Å². The lowest BCUT2D eigenvalue weighted by Gasteiger charge is -2.37. The number of carbonyl (C=O) groups is 1. The normalized spacial score (nSPS) is 31.3. The van der Waals surface area contributed by atoms with Crippen LogP contribution in [-0.2, 0) is 4.79 Å². The molecule has 0 radical (unpaired) electrons. The van der Waals surface area contributed by atoms with Crippen molar-refractivity contribution in [3.63, 3.8) is 0 Å². The highest BCUT2D eigenvalue weighted by atomic mass is 16.1. The summed E-state index contributed by atoms with van der Waals surface area (Å²) >= 11 is 0. The molecule has 0 unspecified atom stereocenters. The van der Waals surface area contributed by atoms with E-state index in [0.29, 0.717) is 6.42 Å². The fourth-order valence-electron chi connectivity index (χ4n) is 2.16. The van der Waals surface area contributed by atoms with Gasteiger partial charge in [-0.15, -0.1) is 0 Å². The Balaban J connectivity index is 2.32. The summed E-state index contributed by atoms with van der Waals surface area (Å²) in [6.45, 7) is 5.23. The number of amides is 1. The first-order valence-electron chi connectivity index (χ1n) is 6.01. The maximum Gasteiger partial charge on any atom is 0.221 e. The van der Waals surface area contributed by atoms with E-state index in [1.54, 1.807) is 0 Å². The summed E-state index contributed by atoms with van der Waals surface area (Å²) in [4.78, 5) is 11.6. The average molecular weight is 212 g/mol. The third-order valence-corrected chi connectivity index (χ3v) is 3.42. The van der Waals surface area contributed by atoms with Gasteiger partial charge >= 0.3 is 0 Å². The Kier molecular flexibility index (Phi) is 4.58. The molecule has 0 bridgehead atoms. The van der Waals surface area contributed by atoms with E-state index < -0.39 is 0 Å². The topological polar surface area (TPSA) is 41.1 Å². The van der Waals surface area contributed by atoms with E-state index in [4.69, 9.17) is 0 Å². The van der Waals surface area contributed by atoms with Crippen molar-refractivity contribution in [3.8, 4) is 0 Å². The predicted molar refractivity (Wildman–Crippen MR) is 62.7 cm³/mol. The molecule has 1 aliphatic carbocycles. The molecule has 0 aliphatic heterocycles. The summed E-state index contributed by atoms with van der Waals surface area (Å²) in [5.41, 5.74) is 0.0529. The lowest BCUT2D eigenvalue weighted by molar-refractivity contribution is -0.123. The fraction of sp³-hybridized carbons (Fsp3) is 0.917. The van der Waals surface area contributed by atoms with Gasteiger partial charge in [0.2, 0.25) is 5.91 Å². The number of hydrogen-bond acceptors (Lipinski definition) is 2. The van der Waals surface area contributed by atoms with Gasteiger partial charge in [0, 0.05) is 18.5 Å². The molecule has 0 aromatic carbocycles. The largest absolute Gasteiger partial charge is 0.351 e. The molecular weight excluding hydrogens is 188 g/mol. The molecule has 0 aromatic heterocycles. The highest BCUT2D eigenvalue weighted by Crippen LogP contribution is 2.31. The van der Waals surface area contributed by atoms with Crippen LogP contribution >= 0.6 is 0 Å². The predicted octanol–water partition coefficient (Wildman–Crippen LogP) is 1.68. The van der Waals surface area contributed by atoms with Crippen LogP contribution in [0.3, 0.4) is 0 Å². The minimum Gasteiger partial charge on any atom is -0.351 e. The van der Waals surface area contributed by atoms with Gasteiger partial charge in [0.1, 0.15) is 0 Å². The zero-order valence-electron chi connectivity index (χ0n) is 10.2. The van der Waals surface area contributed by atoms with Crippen molar-refractivity contribution in [1.29, 1.82) is 0 Å². The van der Waals surface area contributed by atoms with Crippen LogP contribution < -0.4 is 10.6 Å².